The van der Waals surface area contributed by atoms with Crippen molar-refractivity contribution < 1.29 is 47.8 Å². The second kappa shape index (κ2) is 40.1. The van der Waals surface area contributed by atoms with Gasteiger partial charge in [-0.3, -0.25) is 18.6 Å². The zero-order valence-electron chi connectivity index (χ0n) is 34.6. The first-order valence-corrected chi connectivity index (χ1v) is 23.1. The first-order valence-electron chi connectivity index (χ1n) is 21.6. The number of phosphoric acid groups is 1. The molecule has 0 amide bonds. The second-order valence-electron chi connectivity index (χ2n) is 14.3. The lowest BCUT2D eigenvalue weighted by Crippen LogP contribution is -2.29. The van der Waals surface area contributed by atoms with Crippen molar-refractivity contribution in [2.45, 2.75) is 193 Å². The highest BCUT2D eigenvalue weighted by Crippen LogP contribution is 2.43. The third kappa shape index (κ3) is 39.9. The van der Waals surface area contributed by atoms with E-state index in [2.05, 4.69) is 67.0 Å². The lowest BCUT2D eigenvalue weighted by Gasteiger charge is -2.20. The van der Waals surface area contributed by atoms with Crippen molar-refractivity contribution in [2.24, 2.45) is 0 Å². The minimum absolute atomic E-state index is 0.179. The van der Waals surface area contributed by atoms with Gasteiger partial charge < -0.3 is 24.6 Å². The Morgan fingerprint density at radius 1 is 0.564 bits per heavy atom. The van der Waals surface area contributed by atoms with E-state index in [-0.39, 0.29) is 19.4 Å². The summed E-state index contributed by atoms with van der Waals surface area (Å²) in [6.07, 6.45) is 42.3. The molecule has 0 saturated carbocycles. The summed E-state index contributed by atoms with van der Waals surface area (Å²) in [5, 5.41) is 18.3. The third-order valence-corrected chi connectivity index (χ3v) is 9.95. The molecule has 0 aromatic carbocycles. The maximum Gasteiger partial charge on any atom is 0.472 e. The maximum atomic E-state index is 12.6. The number of esters is 2. The number of aliphatic hydroxyl groups excluding tert-OH is 2. The second-order valence-corrected chi connectivity index (χ2v) is 15.8. The molecule has 0 fully saturated rings. The van der Waals surface area contributed by atoms with Crippen LogP contribution in [0.3, 0.4) is 0 Å². The van der Waals surface area contributed by atoms with Gasteiger partial charge in [-0.25, -0.2) is 4.57 Å². The molecule has 0 aromatic heterocycles. The Morgan fingerprint density at radius 3 is 1.51 bits per heavy atom. The van der Waals surface area contributed by atoms with Crippen molar-refractivity contribution in [1.29, 1.82) is 0 Å². The molecule has 3 unspecified atom stereocenters. The fraction of sp³-hybridized carbons (Fsp3) is 0.773. The molecule has 0 saturated heterocycles. The van der Waals surface area contributed by atoms with Gasteiger partial charge in [0.05, 0.1) is 19.8 Å². The summed E-state index contributed by atoms with van der Waals surface area (Å²) in [6, 6.07) is 0. The molecule has 0 heterocycles. The molecule has 320 valence electrons. The predicted molar refractivity (Wildman–Crippen MR) is 224 cm³/mol. The average Bonchev–Trinajstić information content (AvgIpc) is 3.17. The van der Waals surface area contributed by atoms with E-state index in [9.17, 15) is 24.2 Å². The number of hydrogen-bond acceptors (Lipinski definition) is 9. The SMILES string of the molecule is CC/C=C\C/C=C\C/C=C\C/C=C\CCCCCCCCCCCCC(=O)OC(COC(=O)CCCCCCCCCCC)COP(=O)(O)OCC(O)CO. The normalized spacial score (nSPS) is 14.3. The van der Waals surface area contributed by atoms with Crippen molar-refractivity contribution >= 4 is 19.8 Å². The van der Waals surface area contributed by atoms with Gasteiger partial charge in [-0.1, -0.05) is 165 Å². The van der Waals surface area contributed by atoms with Crippen LogP contribution in [-0.2, 0) is 32.7 Å². The van der Waals surface area contributed by atoms with Crippen LogP contribution in [0.4, 0.5) is 0 Å². The van der Waals surface area contributed by atoms with E-state index in [1.165, 1.54) is 70.6 Å². The number of aliphatic hydroxyl groups is 2. The number of phosphoric ester groups is 1. The highest BCUT2D eigenvalue weighted by molar-refractivity contribution is 7.47. The van der Waals surface area contributed by atoms with Crippen LogP contribution >= 0.6 is 7.82 Å². The highest BCUT2D eigenvalue weighted by atomic mass is 31.2. The van der Waals surface area contributed by atoms with Crippen LogP contribution in [-0.4, -0.2) is 65.7 Å². The van der Waals surface area contributed by atoms with Gasteiger partial charge in [0, 0.05) is 12.8 Å². The topological polar surface area (TPSA) is 149 Å². The molecule has 0 spiro atoms. The van der Waals surface area contributed by atoms with Gasteiger partial charge in [-0.05, 0) is 51.4 Å². The van der Waals surface area contributed by atoms with Gasteiger partial charge in [0.2, 0.25) is 0 Å². The summed E-state index contributed by atoms with van der Waals surface area (Å²) < 4.78 is 32.6. The average molecular weight is 799 g/mol. The van der Waals surface area contributed by atoms with Crippen molar-refractivity contribution in [3.63, 3.8) is 0 Å². The summed E-state index contributed by atoms with van der Waals surface area (Å²) in [4.78, 5) is 34.9. The molecule has 11 heteroatoms. The van der Waals surface area contributed by atoms with Crippen molar-refractivity contribution in [3.05, 3.63) is 48.6 Å². The van der Waals surface area contributed by atoms with Crippen LogP contribution in [0.1, 0.15) is 181 Å². The lowest BCUT2D eigenvalue weighted by molar-refractivity contribution is -0.161. The van der Waals surface area contributed by atoms with Crippen LogP contribution in [0.5, 0.6) is 0 Å². The third-order valence-electron chi connectivity index (χ3n) is 9.00. The van der Waals surface area contributed by atoms with Gasteiger partial charge >= 0.3 is 19.8 Å². The highest BCUT2D eigenvalue weighted by Gasteiger charge is 2.27. The molecule has 55 heavy (non-hydrogen) atoms. The van der Waals surface area contributed by atoms with E-state index >= 15 is 0 Å². The number of allylic oxidation sites excluding steroid dienone is 8. The quantitative estimate of drug-likeness (QED) is 0.0237. The number of carbonyl (C=O) groups excluding carboxylic acids is 2. The zero-order valence-corrected chi connectivity index (χ0v) is 35.5. The Morgan fingerprint density at radius 2 is 1.00 bits per heavy atom. The van der Waals surface area contributed by atoms with Crippen LogP contribution in [0.25, 0.3) is 0 Å². The van der Waals surface area contributed by atoms with Gasteiger partial charge in [0.15, 0.2) is 6.10 Å². The lowest BCUT2D eigenvalue weighted by atomic mass is 10.0. The molecule has 3 N–H and O–H groups in total. The Hall–Kier alpha value is -2.07. The van der Waals surface area contributed by atoms with Gasteiger partial charge in [-0.15, -0.1) is 0 Å². The molecule has 0 aliphatic carbocycles. The van der Waals surface area contributed by atoms with Crippen molar-refractivity contribution in [2.75, 3.05) is 26.4 Å². The monoisotopic (exact) mass is 799 g/mol. The number of hydrogen-bond donors (Lipinski definition) is 3. The number of ether oxygens (including phenoxy) is 2. The molecule has 0 aromatic rings. The zero-order chi connectivity index (χ0) is 40.5. The van der Waals surface area contributed by atoms with Crippen LogP contribution < -0.4 is 0 Å². The maximum absolute atomic E-state index is 12.6. The van der Waals surface area contributed by atoms with Crippen molar-refractivity contribution in [1.82, 2.24) is 0 Å². The van der Waals surface area contributed by atoms with Crippen LogP contribution in [0.15, 0.2) is 48.6 Å². The first kappa shape index (κ1) is 52.9. The molecule has 0 rings (SSSR count). The Bertz CT molecular complexity index is 1060. The Balaban J connectivity index is 4.19. The predicted octanol–water partition coefficient (Wildman–Crippen LogP) is 11.3. The van der Waals surface area contributed by atoms with Gasteiger partial charge in [-0.2, -0.15) is 0 Å². The van der Waals surface area contributed by atoms with Gasteiger partial charge in [0.1, 0.15) is 12.7 Å². The van der Waals surface area contributed by atoms with Crippen LogP contribution in [0, 0.1) is 0 Å². The molecule has 0 aliphatic rings. The van der Waals surface area contributed by atoms with E-state index in [0.29, 0.717) is 12.8 Å². The minimum Gasteiger partial charge on any atom is -0.462 e. The van der Waals surface area contributed by atoms with Crippen LogP contribution in [0.2, 0.25) is 0 Å². The number of carbonyl (C=O) groups is 2. The van der Waals surface area contributed by atoms with E-state index in [4.69, 9.17) is 19.1 Å². The summed E-state index contributed by atoms with van der Waals surface area (Å²) >= 11 is 0. The Kier molecular flexibility index (Phi) is 38.6. The summed E-state index contributed by atoms with van der Waals surface area (Å²) in [5.41, 5.74) is 0. The summed E-state index contributed by atoms with van der Waals surface area (Å²) in [6.45, 7) is 2.23. The molecular weight excluding hydrogens is 719 g/mol. The largest absolute Gasteiger partial charge is 0.472 e. The molecule has 0 radical (unpaired) electrons. The molecule has 10 nitrogen and oxygen atoms in total. The smallest absolute Gasteiger partial charge is 0.462 e. The molecule has 3 atom stereocenters. The summed E-state index contributed by atoms with van der Waals surface area (Å²) in [7, 11) is -4.61. The standard InChI is InChI=1S/C44H79O10P/c1-3-5-7-9-11-13-14-15-16-17-18-19-20-21-22-23-24-25-26-28-30-32-34-36-44(48)54-42(40-53-55(49,50)52-38-41(46)37-45)39-51-43(47)35-33-31-29-27-12-10-8-6-4-2/h5,7,11,13,15-16,18-19,41-42,45-46H,3-4,6,8-10,12,14,17,20-40H2,1-2H3,(H,49,50)/b7-5-,13-11-,16-15-,19-18-. The number of rotatable bonds is 40. The van der Waals surface area contributed by atoms with Gasteiger partial charge in [0.25, 0.3) is 0 Å². The minimum atomic E-state index is -4.61. The van der Waals surface area contributed by atoms with E-state index in [1.54, 1.807) is 0 Å². The Labute approximate surface area is 334 Å². The van der Waals surface area contributed by atoms with E-state index in [0.717, 1.165) is 70.6 Å². The van der Waals surface area contributed by atoms with E-state index < -0.39 is 51.8 Å². The molecule has 0 bridgehead atoms. The van der Waals surface area contributed by atoms with E-state index in [1.807, 2.05) is 0 Å². The fourth-order valence-corrected chi connectivity index (χ4v) is 6.48. The number of unbranched alkanes of at least 4 members (excludes halogenated alkanes) is 18. The molecule has 0 aliphatic heterocycles. The van der Waals surface area contributed by atoms with Crippen molar-refractivity contribution in [3.8, 4) is 0 Å². The molecular formula is C44H79O10P. The fourth-order valence-electron chi connectivity index (χ4n) is 5.69. The summed E-state index contributed by atoms with van der Waals surface area (Å²) in [5.74, 6) is -0.932. The first-order chi connectivity index (χ1) is 26.7.